The summed E-state index contributed by atoms with van der Waals surface area (Å²) in [7, 11) is 0. The third-order valence-electron chi connectivity index (χ3n) is 3.66. The molecule has 0 bridgehead atoms. The van der Waals surface area contributed by atoms with Gasteiger partial charge in [0.1, 0.15) is 6.04 Å². The molecule has 3 N–H and O–H groups in total. The number of amides is 3. The van der Waals surface area contributed by atoms with Gasteiger partial charge in [0.15, 0.2) is 0 Å². The Kier molecular flexibility index (Phi) is 3.23. The summed E-state index contributed by atoms with van der Waals surface area (Å²) in [5, 5.41) is 8.04. The Morgan fingerprint density at radius 1 is 1.30 bits per heavy atom. The zero-order valence-electron chi connectivity index (χ0n) is 10.9. The van der Waals surface area contributed by atoms with E-state index in [4.69, 9.17) is 0 Å². The first kappa shape index (κ1) is 12.8. The molecule has 1 saturated heterocycles. The van der Waals surface area contributed by atoms with Crippen molar-refractivity contribution in [2.24, 2.45) is 0 Å². The molecule has 3 amide bonds. The van der Waals surface area contributed by atoms with Crippen LogP contribution >= 0.6 is 0 Å². The van der Waals surface area contributed by atoms with Crippen LogP contribution in [0.4, 0.5) is 0 Å². The topological polar surface area (TPSA) is 87.3 Å². The Hall–Kier alpha value is -2.21. The summed E-state index contributed by atoms with van der Waals surface area (Å²) in [6, 6.07) is 4.84. The van der Waals surface area contributed by atoms with Gasteiger partial charge in [0.05, 0.1) is 6.42 Å². The number of nitrogens with one attached hydrogen (secondary N) is 3. The van der Waals surface area contributed by atoms with Crippen LogP contribution in [0, 0.1) is 0 Å². The average Bonchev–Trinajstić information content (AvgIpc) is 2.76. The van der Waals surface area contributed by atoms with Crippen LogP contribution in [-0.2, 0) is 22.6 Å². The van der Waals surface area contributed by atoms with Gasteiger partial charge in [0.25, 0.3) is 5.91 Å². The first-order valence-corrected chi connectivity index (χ1v) is 6.61. The van der Waals surface area contributed by atoms with E-state index in [2.05, 4.69) is 16.0 Å². The standard InChI is InChI=1S/C14H15N3O3/c18-12-6-11(14(20)17-12)16-13(19)9-3-1-2-8-4-5-15-7-10(8)9/h1-3,11,15H,4-7H2,(H,16,19)(H,17,18,20). The largest absolute Gasteiger partial charge is 0.340 e. The van der Waals surface area contributed by atoms with Crippen LogP contribution in [0.25, 0.3) is 0 Å². The normalized spacial score (nSPS) is 21.3. The second kappa shape index (κ2) is 5.05. The average molecular weight is 273 g/mol. The fourth-order valence-electron chi connectivity index (χ4n) is 2.63. The van der Waals surface area contributed by atoms with Crippen molar-refractivity contribution in [2.45, 2.75) is 25.4 Å². The molecule has 0 aliphatic carbocycles. The second-order valence-corrected chi connectivity index (χ2v) is 5.01. The van der Waals surface area contributed by atoms with Crippen LogP contribution in [0.3, 0.4) is 0 Å². The van der Waals surface area contributed by atoms with Gasteiger partial charge in [0.2, 0.25) is 11.8 Å². The van der Waals surface area contributed by atoms with Crippen LogP contribution in [0.15, 0.2) is 18.2 Å². The van der Waals surface area contributed by atoms with Crippen molar-refractivity contribution in [3.05, 3.63) is 34.9 Å². The molecule has 2 aliphatic rings. The lowest BCUT2D eigenvalue weighted by molar-refractivity contribution is -0.125. The monoisotopic (exact) mass is 273 g/mol. The molecule has 6 heteroatoms. The van der Waals surface area contributed by atoms with E-state index in [9.17, 15) is 14.4 Å². The molecule has 1 aromatic carbocycles. The predicted octanol–water partition coefficient (Wildman–Crippen LogP) is -0.523. The first-order chi connectivity index (χ1) is 9.65. The van der Waals surface area contributed by atoms with Gasteiger partial charge < -0.3 is 10.6 Å². The van der Waals surface area contributed by atoms with Gasteiger partial charge in [-0.05, 0) is 30.2 Å². The lowest BCUT2D eigenvalue weighted by Crippen LogP contribution is -2.41. The number of hydrogen-bond donors (Lipinski definition) is 3. The molecule has 1 fully saturated rings. The zero-order chi connectivity index (χ0) is 14.1. The van der Waals surface area contributed by atoms with Crippen molar-refractivity contribution >= 4 is 17.7 Å². The quantitative estimate of drug-likeness (QED) is 0.633. The molecule has 104 valence electrons. The highest BCUT2D eigenvalue weighted by Gasteiger charge is 2.32. The van der Waals surface area contributed by atoms with Gasteiger partial charge in [-0.1, -0.05) is 12.1 Å². The summed E-state index contributed by atoms with van der Waals surface area (Å²) in [5.41, 5.74) is 2.70. The van der Waals surface area contributed by atoms with Gasteiger partial charge in [0, 0.05) is 12.1 Å². The summed E-state index contributed by atoms with van der Waals surface area (Å²) in [4.78, 5) is 34.9. The van der Waals surface area contributed by atoms with Gasteiger partial charge >= 0.3 is 0 Å². The van der Waals surface area contributed by atoms with Crippen molar-refractivity contribution in [3.63, 3.8) is 0 Å². The second-order valence-electron chi connectivity index (χ2n) is 5.01. The Balaban J connectivity index is 1.81. The maximum absolute atomic E-state index is 12.3. The number of fused-ring (bicyclic) bond motifs is 1. The highest BCUT2D eigenvalue weighted by Crippen LogP contribution is 2.19. The Morgan fingerprint density at radius 2 is 2.15 bits per heavy atom. The molecular formula is C14H15N3O3. The van der Waals surface area contributed by atoms with Crippen LogP contribution in [0.1, 0.15) is 27.9 Å². The third kappa shape index (κ3) is 2.30. The lowest BCUT2D eigenvalue weighted by Gasteiger charge is -2.20. The maximum Gasteiger partial charge on any atom is 0.252 e. The van der Waals surface area contributed by atoms with E-state index in [-0.39, 0.29) is 18.2 Å². The smallest absolute Gasteiger partial charge is 0.252 e. The van der Waals surface area contributed by atoms with Gasteiger partial charge in [-0.3, -0.25) is 19.7 Å². The van der Waals surface area contributed by atoms with E-state index < -0.39 is 11.9 Å². The molecule has 0 radical (unpaired) electrons. The van der Waals surface area contributed by atoms with Crippen molar-refractivity contribution in [1.82, 2.24) is 16.0 Å². The number of benzene rings is 1. The van der Waals surface area contributed by atoms with Gasteiger partial charge in [-0.15, -0.1) is 0 Å². The summed E-state index contributed by atoms with van der Waals surface area (Å²) in [5.74, 6) is -1.09. The van der Waals surface area contributed by atoms with Crippen molar-refractivity contribution in [1.29, 1.82) is 0 Å². The first-order valence-electron chi connectivity index (χ1n) is 6.61. The molecule has 1 atom stereocenters. The molecule has 2 heterocycles. The molecule has 2 aliphatic heterocycles. The Bertz CT molecular complexity index is 597. The van der Waals surface area contributed by atoms with E-state index >= 15 is 0 Å². The van der Waals surface area contributed by atoms with E-state index in [0.29, 0.717) is 12.1 Å². The molecule has 6 nitrogen and oxygen atoms in total. The molecule has 1 unspecified atom stereocenters. The summed E-state index contributed by atoms with van der Waals surface area (Å²) < 4.78 is 0. The minimum Gasteiger partial charge on any atom is -0.340 e. The van der Waals surface area contributed by atoms with Crippen molar-refractivity contribution in [3.8, 4) is 0 Å². The fraction of sp³-hybridized carbons (Fsp3) is 0.357. The van der Waals surface area contributed by atoms with Crippen LogP contribution in [0.5, 0.6) is 0 Å². The van der Waals surface area contributed by atoms with E-state index in [0.717, 1.165) is 24.1 Å². The maximum atomic E-state index is 12.3. The Labute approximate surface area is 115 Å². The minimum atomic E-state index is -0.762. The fourth-order valence-corrected chi connectivity index (χ4v) is 2.63. The third-order valence-corrected chi connectivity index (χ3v) is 3.66. The molecule has 0 saturated carbocycles. The van der Waals surface area contributed by atoms with Crippen LogP contribution < -0.4 is 16.0 Å². The number of carbonyl (C=O) groups excluding carboxylic acids is 3. The van der Waals surface area contributed by atoms with Crippen LogP contribution in [-0.4, -0.2) is 30.3 Å². The summed E-state index contributed by atoms with van der Waals surface area (Å²) in [6.45, 7) is 1.55. The number of carbonyl (C=O) groups is 3. The summed E-state index contributed by atoms with van der Waals surface area (Å²) >= 11 is 0. The molecule has 1 aromatic rings. The highest BCUT2D eigenvalue weighted by atomic mass is 16.2. The molecular weight excluding hydrogens is 258 g/mol. The summed E-state index contributed by atoms with van der Waals surface area (Å²) in [6.07, 6.45) is 0.900. The van der Waals surface area contributed by atoms with E-state index in [1.165, 1.54) is 0 Å². The van der Waals surface area contributed by atoms with Crippen LogP contribution in [0.2, 0.25) is 0 Å². The van der Waals surface area contributed by atoms with E-state index in [1.807, 2.05) is 12.1 Å². The van der Waals surface area contributed by atoms with Crippen molar-refractivity contribution < 1.29 is 14.4 Å². The lowest BCUT2D eigenvalue weighted by atomic mass is 9.95. The predicted molar refractivity (Wildman–Crippen MR) is 70.9 cm³/mol. The minimum absolute atomic E-state index is 0.0118. The molecule has 0 aromatic heterocycles. The van der Waals surface area contributed by atoms with Gasteiger partial charge in [-0.25, -0.2) is 0 Å². The number of imide groups is 1. The van der Waals surface area contributed by atoms with Crippen molar-refractivity contribution in [2.75, 3.05) is 6.54 Å². The molecule has 0 spiro atoms. The SMILES string of the molecule is O=C1CC(NC(=O)c2cccc3c2CNCC3)C(=O)N1. The Morgan fingerprint density at radius 3 is 2.90 bits per heavy atom. The van der Waals surface area contributed by atoms with E-state index in [1.54, 1.807) is 6.07 Å². The zero-order valence-corrected chi connectivity index (χ0v) is 10.9. The van der Waals surface area contributed by atoms with Gasteiger partial charge in [-0.2, -0.15) is 0 Å². The highest BCUT2D eigenvalue weighted by molar-refractivity contribution is 6.08. The number of hydrogen-bond acceptors (Lipinski definition) is 4. The molecule has 20 heavy (non-hydrogen) atoms. The number of rotatable bonds is 2. The molecule has 3 rings (SSSR count).